The second-order valence-corrected chi connectivity index (χ2v) is 4.12. The van der Waals surface area contributed by atoms with E-state index in [1.165, 1.54) is 0 Å². The Balaban J connectivity index is 2.19. The molecule has 0 heterocycles. The van der Waals surface area contributed by atoms with E-state index in [0.717, 1.165) is 25.7 Å². The fourth-order valence-corrected chi connectivity index (χ4v) is 1.83. The van der Waals surface area contributed by atoms with Crippen LogP contribution >= 0.6 is 0 Å². The lowest BCUT2D eigenvalue weighted by Crippen LogP contribution is -2.37. The molecule has 1 aliphatic rings. The Morgan fingerprint density at radius 1 is 1.20 bits per heavy atom. The lowest BCUT2D eigenvalue weighted by atomic mass is 9.86. The average Bonchev–Trinajstić information content (AvgIpc) is 2.18. The van der Waals surface area contributed by atoms with Crippen LogP contribution in [0.5, 0.6) is 0 Å². The number of amides is 2. The number of carbonyl (C=O) groups excluding carboxylic acids is 2. The predicted octanol–water partition coefficient (Wildman–Crippen LogP) is -0.504. The number of nitrogens with one attached hydrogen (secondary N) is 1. The summed E-state index contributed by atoms with van der Waals surface area (Å²) in [6.45, 7) is 0.344. The summed E-state index contributed by atoms with van der Waals surface area (Å²) in [5.41, 5.74) is 10.7. The summed E-state index contributed by atoms with van der Waals surface area (Å²) in [5, 5.41) is 2.72. The molecule has 15 heavy (non-hydrogen) atoms. The van der Waals surface area contributed by atoms with Crippen molar-refractivity contribution in [2.45, 2.75) is 38.1 Å². The van der Waals surface area contributed by atoms with Crippen molar-refractivity contribution in [2.24, 2.45) is 17.4 Å². The fraction of sp³-hybridized carbons (Fsp3) is 0.800. The van der Waals surface area contributed by atoms with Crippen LogP contribution < -0.4 is 16.8 Å². The normalized spacial score (nSPS) is 25.9. The van der Waals surface area contributed by atoms with Crippen LogP contribution in [0.25, 0.3) is 0 Å². The maximum Gasteiger partial charge on any atom is 0.223 e. The number of rotatable bonds is 4. The summed E-state index contributed by atoms with van der Waals surface area (Å²) >= 11 is 0. The summed E-state index contributed by atoms with van der Waals surface area (Å²) in [6, 6.07) is 0.250. The molecule has 5 N–H and O–H groups in total. The first-order chi connectivity index (χ1) is 7.09. The average molecular weight is 213 g/mol. The first kappa shape index (κ1) is 12.0. The van der Waals surface area contributed by atoms with Gasteiger partial charge in [0, 0.05) is 24.9 Å². The van der Waals surface area contributed by atoms with Crippen molar-refractivity contribution in [3.63, 3.8) is 0 Å². The van der Waals surface area contributed by atoms with Crippen LogP contribution in [0.2, 0.25) is 0 Å². The molecule has 86 valence electrons. The van der Waals surface area contributed by atoms with Crippen LogP contribution in [0.3, 0.4) is 0 Å². The highest BCUT2D eigenvalue weighted by atomic mass is 16.2. The number of primary amides is 1. The maximum absolute atomic E-state index is 11.6. The first-order valence-corrected chi connectivity index (χ1v) is 5.41. The highest BCUT2D eigenvalue weighted by molar-refractivity contribution is 5.80. The van der Waals surface area contributed by atoms with Crippen LogP contribution in [0.4, 0.5) is 0 Å². The smallest absolute Gasteiger partial charge is 0.223 e. The largest absolute Gasteiger partial charge is 0.370 e. The molecule has 1 saturated carbocycles. The van der Waals surface area contributed by atoms with Crippen molar-refractivity contribution in [1.82, 2.24) is 5.32 Å². The number of hydrogen-bond donors (Lipinski definition) is 3. The fourth-order valence-electron chi connectivity index (χ4n) is 1.83. The minimum Gasteiger partial charge on any atom is -0.370 e. The molecule has 2 amide bonds. The second-order valence-electron chi connectivity index (χ2n) is 4.12. The molecular formula is C10H19N3O2. The number of carbonyl (C=O) groups is 2. The van der Waals surface area contributed by atoms with Crippen LogP contribution in [0.1, 0.15) is 32.1 Å². The molecule has 0 radical (unpaired) electrons. The molecule has 0 aliphatic heterocycles. The van der Waals surface area contributed by atoms with E-state index in [9.17, 15) is 9.59 Å². The van der Waals surface area contributed by atoms with Crippen molar-refractivity contribution in [1.29, 1.82) is 0 Å². The van der Waals surface area contributed by atoms with E-state index in [4.69, 9.17) is 11.5 Å². The Kier molecular flexibility index (Phi) is 4.55. The minimum absolute atomic E-state index is 0.0307. The monoisotopic (exact) mass is 213 g/mol. The van der Waals surface area contributed by atoms with Crippen LogP contribution in [0, 0.1) is 5.92 Å². The number of nitrogens with two attached hydrogens (primary N) is 2. The third kappa shape index (κ3) is 4.29. The van der Waals surface area contributed by atoms with E-state index in [2.05, 4.69) is 5.32 Å². The first-order valence-electron chi connectivity index (χ1n) is 5.41. The van der Waals surface area contributed by atoms with E-state index in [-0.39, 0.29) is 30.2 Å². The lowest BCUT2D eigenvalue weighted by molar-refractivity contribution is -0.126. The summed E-state index contributed by atoms with van der Waals surface area (Å²) in [6.07, 6.45) is 3.73. The molecule has 1 fully saturated rings. The summed E-state index contributed by atoms with van der Waals surface area (Å²) in [7, 11) is 0. The zero-order valence-corrected chi connectivity index (χ0v) is 8.87. The van der Waals surface area contributed by atoms with E-state index >= 15 is 0 Å². The lowest BCUT2D eigenvalue weighted by Gasteiger charge is -2.25. The minimum atomic E-state index is -0.388. The van der Waals surface area contributed by atoms with Gasteiger partial charge in [-0.05, 0) is 25.7 Å². The topological polar surface area (TPSA) is 98.2 Å². The van der Waals surface area contributed by atoms with E-state index in [1.807, 2.05) is 0 Å². The van der Waals surface area contributed by atoms with Gasteiger partial charge in [0.25, 0.3) is 0 Å². The van der Waals surface area contributed by atoms with Gasteiger partial charge in [-0.25, -0.2) is 0 Å². The van der Waals surface area contributed by atoms with Crippen molar-refractivity contribution < 1.29 is 9.59 Å². The molecule has 0 spiro atoms. The molecule has 0 unspecified atom stereocenters. The maximum atomic E-state index is 11.6. The van der Waals surface area contributed by atoms with Gasteiger partial charge in [0.1, 0.15) is 0 Å². The Labute approximate surface area is 89.6 Å². The molecule has 5 heteroatoms. The third-order valence-corrected chi connectivity index (χ3v) is 2.81. The van der Waals surface area contributed by atoms with Crippen LogP contribution in [-0.4, -0.2) is 24.4 Å². The molecule has 1 aliphatic carbocycles. The molecule has 0 aromatic rings. The van der Waals surface area contributed by atoms with E-state index in [0.29, 0.717) is 6.54 Å². The van der Waals surface area contributed by atoms with Gasteiger partial charge in [-0.15, -0.1) is 0 Å². The Morgan fingerprint density at radius 2 is 1.80 bits per heavy atom. The van der Waals surface area contributed by atoms with E-state index in [1.54, 1.807) is 0 Å². The molecule has 0 saturated heterocycles. The van der Waals surface area contributed by atoms with Crippen molar-refractivity contribution in [3.8, 4) is 0 Å². The third-order valence-electron chi connectivity index (χ3n) is 2.81. The second kappa shape index (κ2) is 5.70. The van der Waals surface area contributed by atoms with Crippen LogP contribution in [-0.2, 0) is 9.59 Å². The standard InChI is InChI=1S/C10H19N3O2/c11-8-3-1-7(2-4-8)10(15)13-6-5-9(12)14/h7-8H,1-6,11H2,(H2,12,14)(H,13,15). The van der Waals surface area contributed by atoms with Gasteiger partial charge in [-0.2, -0.15) is 0 Å². The van der Waals surface area contributed by atoms with Gasteiger partial charge in [-0.3, -0.25) is 9.59 Å². The van der Waals surface area contributed by atoms with Gasteiger partial charge in [0.05, 0.1) is 0 Å². The van der Waals surface area contributed by atoms with Crippen LogP contribution in [0.15, 0.2) is 0 Å². The van der Waals surface area contributed by atoms with Gasteiger partial charge in [-0.1, -0.05) is 0 Å². The highest BCUT2D eigenvalue weighted by Gasteiger charge is 2.24. The zero-order valence-electron chi connectivity index (χ0n) is 8.87. The Bertz CT molecular complexity index is 235. The molecule has 0 bridgehead atoms. The van der Waals surface area contributed by atoms with Crippen molar-refractivity contribution >= 4 is 11.8 Å². The predicted molar refractivity (Wildman–Crippen MR) is 56.8 cm³/mol. The molecule has 0 atom stereocenters. The van der Waals surface area contributed by atoms with E-state index < -0.39 is 0 Å². The Morgan fingerprint density at radius 3 is 2.33 bits per heavy atom. The quantitative estimate of drug-likeness (QED) is 0.587. The molecule has 5 nitrogen and oxygen atoms in total. The van der Waals surface area contributed by atoms with Gasteiger partial charge in [0.15, 0.2) is 0 Å². The van der Waals surface area contributed by atoms with Gasteiger partial charge in [0.2, 0.25) is 11.8 Å². The molecule has 1 rings (SSSR count). The van der Waals surface area contributed by atoms with Crippen molar-refractivity contribution in [3.05, 3.63) is 0 Å². The van der Waals surface area contributed by atoms with Gasteiger partial charge >= 0.3 is 0 Å². The highest BCUT2D eigenvalue weighted by Crippen LogP contribution is 2.22. The van der Waals surface area contributed by atoms with Gasteiger partial charge < -0.3 is 16.8 Å². The number of hydrogen-bond acceptors (Lipinski definition) is 3. The summed E-state index contributed by atoms with van der Waals surface area (Å²) in [5.74, 6) is -0.290. The molecular weight excluding hydrogens is 194 g/mol. The zero-order chi connectivity index (χ0) is 11.3. The molecule has 0 aromatic heterocycles. The van der Waals surface area contributed by atoms with Crippen molar-refractivity contribution in [2.75, 3.05) is 6.54 Å². The molecule has 0 aromatic carbocycles. The summed E-state index contributed by atoms with van der Waals surface area (Å²) in [4.78, 5) is 22.0. The summed E-state index contributed by atoms with van der Waals surface area (Å²) < 4.78 is 0. The Hall–Kier alpha value is -1.10. The SMILES string of the molecule is NC(=O)CCNC(=O)C1CCC(N)CC1.